The van der Waals surface area contributed by atoms with E-state index in [9.17, 15) is 19.5 Å². The predicted molar refractivity (Wildman–Crippen MR) is 132 cm³/mol. The van der Waals surface area contributed by atoms with Gasteiger partial charge in [0.15, 0.2) is 24.2 Å². The zero-order valence-electron chi connectivity index (χ0n) is 22.4. The minimum absolute atomic E-state index is 0.137. The van der Waals surface area contributed by atoms with E-state index in [4.69, 9.17) is 19.5 Å². The minimum Gasteiger partial charge on any atom is -0.450 e. The Kier molecular flexibility index (Phi) is 6.89. The van der Waals surface area contributed by atoms with Crippen molar-refractivity contribution in [1.82, 2.24) is 0 Å². The number of hydrogen-bond acceptors (Lipinski definition) is 8. The van der Waals surface area contributed by atoms with Crippen LogP contribution in [-0.4, -0.2) is 59.8 Å². The van der Waals surface area contributed by atoms with Gasteiger partial charge in [-0.15, -0.1) is 0 Å². The number of carbonyl (C=O) groups excluding carboxylic acids is 3. The summed E-state index contributed by atoms with van der Waals surface area (Å²) >= 11 is 0. The number of ketones is 1. The van der Waals surface area contributed by atoms with Crippen molar-refractivity contribution >= 4 is 17.9 Å². The molecule has 0 bridgehead atoms. The van der Waals surface area contributed by atoms with Gasteiger partial charge in [-0.05, 0) is 80.4 Å². The molecular formula is C29H35F2NO7. The van der Waals surface area contributed by atoms with Crippen LogP contribution in [0.4, 0.5) is 13.6 Å². The summed E-state index contributed by atoms with van der Waals surface area (Å²) in [6, 6.07) is 1.77. The van der Waals surface area contributed by atoms with E-state index in [0.29, 0.717) is 12.8 Å². The lowest BCUT2D eigenvalue weighted by Crippen LogP contribution is -2.72. The van der Waals surface area contributed by atoms with Crippen LogP contribution < -0.4 is 0 Å². The number of fused-ring (bicyclic) bond motifs is 5. The Balaban J connectivity index is 1.59. The van der Waals surface area contributed by atoms with Crippen LogP contribution in [-0.2, 0) is 23.8 Å². The van der Waals surface area contributed by atoms with E-state index in [1.807, 2.05) is 0 Å². The SMILES string of the molecule is C[C@@H]1C[C@H]2[C@@H]3C(OC(=O)OC4CCCC4)[C@H](F)C4=CC(=O)C=C[C@]4(C)[C@@]3(F)[C@@H](O)C[C@]2(C)[C@@H]1C(=O)OCC#N. The Labute approximate surface area is 226 Å². The number of aliphatic hydroxyl groups excluding tert-OH is 1. The van der Waals surface area contributed by atoms with Crippen LogP contribution in [0.5, 0.6) is 0 Å². The maximum Gasteiger partial charge on any atom is 0.508 e. The lowest BCUT2D eigenvalue weighted by Gasteiger charge is -2.63. The Morgan fingerprint density at radius 2 is 1.92 bits per heavy atom. The highest BCUT2D eigenvalue weighted by Crippen LogP contribution is 2.70. The number of halogens is 2. The van der Waals surface area contributed by atoms with Crippen LogP contribution in [0, 0.1) is 45.8 Å². The van der Waals surface area contributed by atoms with Crippen LogP contribution in [0.25, 0.3) is 0 Å². The maximum atomic E-state index is 17.8. The first-order valence-electron chi connectivity index (χ1n) is 13.8. The zero-order chi connectivity index (χ0) is 28.3. The number of alkyl halides is 2. The summed E-state index contributed by atoms with van der Waals surface area (Å²) in [5.74, 6) is -4.32. The van der Waals surface area contributed by atoms with Crippen molar-refractivity contribution in [2.24, 2.45) is 34.5 Å². The molecule has 5 aliphatic rings. The van der Waals surface area contributed by atoms with Gasteiger partial charge in [0.2, 0.25) is 0 Å². The Morgan fingerprint density at radius 1 is 1.23 bits per heavy atom. The molecule has 0 aliphatic heterocycles. The second-order valence-electron chi connectivity index (χ2n) is 12.4. The van der Waals surface area contributed by atoms with Crippen LogP contribution in [0.2, 0.25) is 0 Å². The van der Waals surface area contributed by atoms with Crippen molar-refractivity contribution in [2.45, 2.75) is 89.4 Å². The number of aliphatic hydroxyl groups is 1. The Morgan fingerprint density at radius 3 is 2.59 bits per heavy atom. The average Bonchev–Trinajstić information content (AvgIpc) is 3.47. The lowest BCUT2D eigenvalue weighted by molar-refractivity contribution is -0.236. The molecule has 39 heavy (non-hydrogen) atoms. The van der Waals surface area contributed by atoms with Crippen molar-refractivity contribution < 1.29 is 42.5 Å². The molecule has 0 saturated heterocycles. The molecule has 5 rings (SSSR count). The third-order valence-electron chi connectivity index (χ3n) is 10.3. The number of hydrogen-bond donors (Lipinski definition) is 1. The second-order valence-corrected chi connectivity index (χ2v) is 12.4. The molecule has 0 heterocycles. The molecule has 0 radical (unpaired) electrons. The number of rotatable bonds is 4. The van der Waals surface area contributed by atoms with E-state index in [0.717, 1.165) is 18.9 Å². The first-order valence-corrected chi connectivity index (χ1v) is 13.8. The highest BCUT2D eigenvalue weighted by molar-refractivity contribution is 6.01. The number of nitriles is 1. The minimum atomic E-state index is -2.52. The molecular weight excluding hydrogens is 512 g/mol. The fourth-order valence-electron chi connectivity index (χ4n) is 8.64. The predicted octanol–water partition coefficient (Wildman–Crippen LogP) is 4.31. The number of carbonyl (C=O) groups is 3. The smallest absolute Gasteiger partial charge is 0.450 e. The molecule has 10 atom stereocenters. The van der Waals surface area contributed by atoms with E-state index in [1.54, 1.807) is 19.9 Å². The van der Waals surface area contributed by atoms with Gasteiger partial charge in [0.25, 0.3) is 0 Å². The van der Waals surface area contributed by atoms with E-state index < -0.39 is 77.1 Å². The monoisotopic (exact) mass is 547 g/mol. The molecule has 5 aliphatic carbocycles. The first kappa shape index (κ1) is 27.8. The van der Waals surface area contributed by atoms with Gasteiger partial charge >= 0.3 is 12.1 Å². The fourth-order valence-corrected chi connectivity index (χ4v) is 8.64. The van der Waals surface area contributed by atoms with Crippen molar-refractivity contribution in [1.29, 1.82) is 5.26 Å². The largest absolute Gasteiger partial charge is 0.508 e. The van der Waals surface area contributed by atoms with Gasteiger partial charge in [-0.25, -0.2) is 13.6 Å². The molecule has 0 aromatic heterocycles. The van der Waals surface area contributed by atoms with E-state index in [1.165, 1.54) is 19.1 Å². The van der Waals surface area contributed by atoms with Crippen LogP contribution >= 0.6 is 0 Å². The zero-order valence-corrected chi connectivity index (χ0v) is 22.4. The number of ether oxygens (including phenoxy) is 3. The highest BCUT2D eigenvalue weighted by Gasteiger charge is 2.76. The molecule has 10 heteroatoms. The van der Waals surface area contributed by atoms with Gasteiger partial charge in [-0.3, -0.25) is 9.59 Å². The van der Waals surface area contributed by atoms with Crippen molar-refractivity contribution in [3.8, 4) is 6.07 Å². The summed E-state index contributed by atoms with van der Waals surface area (Å²) in [5.41, 5.74) is -5.43. The summed E-state index contributed by atoms with van der Waals surface area (Å²) in [6.07, 6.45) is -0.165. The average molecular weight is 548 g/mol. The summed E-state index contributed by atoms with van der Waals surface area (Å²) in [5, 5.41) is 20.5. The third kappa shape index (κ3) is 4.02. The quantitative estimate of drug-likeness (QED) is 0.517. The molecule has 212 valence electrons. The van der Waals surface area contributed by atoms with Gasteiger partial charge in [0, 0.05) is 11.3 Å². The van der Waals surface area contributed by atoms with Gasteiger partial charge in [0.05, 0.1) is 12.0 Å². The summed E-state index contributed by atoms with van der Waals surface area (Å²) in [6.45, 7) is 4.56. The normalized spacial score (nSPS) is 44.9. The standard InChI is InChI=1S/C29H35F2NO7/c1-15-12-18-22-24(39-26(36)38-17-6-4-5-7-17)23(30)19-13-16(33)8-9-28(19,3)29(22,31)20(34)14-27(18,2)21(15)25(35)37-11-10-32/h8-9,13,15,17-18,20-24,34H,4-7,11-12,14H2,1-3H3/t15-,18+,20+,21+,22-,23-,24?,27+,28+,29-/m1/s1. The molecule has 0 aromatic carbocycles. The number of esters is 1. The van der Waals surface area contributed by atoms with Crippen LogP contribution in [0.1, 0.15) is 59.3 Å². The Bertz CT molecular complexity index is 1160. The molecule has 4 saturated carbocycles. The third-order valence-corrected chi connectivity index (χ3v) is 10.3. The van der Waals surface area contributed by atoms with E-state index in [-0.39, 0.29) is 30.4 Å². The van der Waals surface area contributed by atoms with Gasteiger partial charge in [-0.1, -0.05) is 19.9 Å². The summed E-state index contributed by atoms with van der Waals surface area (Å²) in [7, 11) is 0. The van der Waals surface area contributed by atoms with Gasteiger partial charge in [-0.2, -0.15) is 5.26 Å². The molecule has 8 nitrogen and oxygen atoms in total. The van der Waals surface area contributed by atoms with E-state index >= 15 is 8.78 Å². The topological polar surface area (TPSA) is 123 Å². The maximum absolute atomic E-state index is 17.8. The molecule has 4 fully saturated rings. The first-order chi connectivity index (χ1) is 18.4. The van der Waals surface area contributed by atoms with E-state index in [2.05, 4.69) is 0 Å². The van der Waals surface area contributed by atoms with Gasteiger partial charge in [0.1, 0.15) is 18.3 Å². The van der Waals surface area contributed by atoms with Crippen molar-refractivity contribution in [3.05, 3.63) is 23.8 Å². The van der Waals surface area contributed by atoms with Crippen LogP contribution in [0.15, 0.2) is 23.8 Å². The fraction of sp³-hybridized carbons (Fsp3) is 0.724. The molecule has 0 spiro atoms. The van der Waals surface area contributed by atoms with Crippen molar-refractivity contribution in [2.75, 3.05) is 6.61 Å². The summed E-state index contributed by atoms with van der Waals surface area (Å²) in [4.78, 5) is 38.3. The van der Waals surface area contributed by atoms with Gasteiger partial charge < -0.3 is 19.3 Å². The molecule has 1 N–H and O–H groups in total. The second kappa shape index (κ2) is 9.69. The Hall–Kier alpha value is -2.80. The summed E-state index contributed by atoms with van der Waals surface area (Å²) < 4.78 is 50.5. The number of allylic oxidation sites excluding steroid dienone is 3. The highest BCUT2D eigenvalue weighted by atomic mass is 19.1. The lowest BCUT2D eigenvalue weighted by atomic mass is 9.44. The molecule has 1 unspecified atom stereocenters. The van der Waals surface area contributed by atoms with Crippen LogP contribution in [0.3, 0.4) is 0 Å². The molecule has 0 aromatic rings. The molecule has 0 amide bonds. The number of nitrogens with zero attached hydrogens (tertiary/aromatic N) is 1. The van der Waals surface area contributed by atoms with Crippen molar-refractivity contribution in [3.63, 3.8) is 0 Å².